The predicted molar refractivity (Wildman–Crippen MR) is 115 cm³/mol. The molecule has 5 heteroatoms. The molecule has 1 saturated heterocycles. The molecule has 148 valence electrons. The van der Waals surface area contributed by atoms with E-state index in [1.54, 1.807) is 6.20 Å². The number of rotatable bonds is 4. The average molecular weight is 407 g/mol. The van der Waals surface area contributed by atoms with Crippen LogP contribution in [-0.4, -0.2) is 29.6 Å². The summed E-state index contributed by atoms with van der Waals surface area (Å²) in [4.78, 5) is 6.93. The lowest BCUT2D eigenvalue weighted by Gasteiger charge is -2.27. The first-order valence-electron chi connectivity index (χ1n) is 10.1. The molecule has 2 aliphatic heterocycles. The number of pyridine rings is 1. The number of benzene rings is 2. The zero-order chi connectivity index (χ0) is 19.6. The van der Waals surface area contributed by atoms with E-state index in [-0.39, 0.29) is 0 Å². The third-order valence-electron chi connectivity index (χ3n) is 5.70. The standard InChI is InChI=1S/C24H23ClN2O2/c25-20-14-17(21-4-1-2-10-26-21)6-7-19(20)16-27-11-3-5-22(27)18-8-9-23-24(15-18)29-13-12-28-23/h1-2,4,6-10,14-15,22H,3,5,11-13,16H2/t22-/m1/s1. The first-order valence-corrected chi connectivity index (χ1v) is 10.5. The lowest BCUT2D eigenvalue weighted by molar-refractivity contribution is 0.170. The molecule has 0 spiro atoms. The first kappa shape index (κ1) is 18.5. The van der Waals surface area contributed by atoms with Crippen molar-refractivity contribution in [3.05, 3.63) is 76.9 Å². The Hall–Kier alpha value is -2.56. The zero-order valence-corrected chi connectivity index (χ0v) is 16.9. The number of hydrogen-bond acceptors (Lipinski definition) is 4. The third-order valence-corrected chi connectivity index (χ3v) is 6.05. The summed E-state index contributed by atoms with van der Waals surface area (Å²) >= 11 is 6.66. The van der Waals surface area contributed by atoms with Crippen LogP contribution in [-0.2, 0) is 6.54 Å². The Morgan fingerprint density at radius 2 is 1.90 bits per heavy atom. The molecule has 29 heavy (non-hydrogen) atoms. The van der Waals surface area contributed by atoms with E-state index in [0.29, 0.717) is 19.3 Å². The highest BCUT2D eigenvalue weighted by Gasteiger charge is 2.28. The number of fused-ring (bicyclic) bond motifs is 1. The quantitative estimate of drug-likeness (QED) is 0.572. The number of aromatic nitrogens is 1. The topological polar surface area (TPSA) is 34.6 Å². The molecule has 1 aromatic heterocycles. The number of halogens is 1. The van der Waals surface area contributed by atoms with Crippen molar-refractivity contribution in [1.29, 1.82) is 0 Å². The molecule has 4 nitrogen and oxygen atoms in total. The van der Waals surface area contributed by atoms with E-state index in [0.717, 1.165) is 52.9 Å². The van der Waals surface area contributed by atoms with Crippen molar-refractivity contribution in [3.8, 4) is 22.8 Å². The van der Waals surface area contributed by atoms with E-state index in [1.807, 2.05) is 30.3 Å². The molecular weight excluding hydrogens is 384 g/mol. The number of hydrogen-bond donors (Lipinski definition) is 0. The Labute approximate surface area is 176 Å². The second kappa shape index (κ2) is 8.05. The lowest BCUT2D eigenvalue weighted by atomic mass is 10.0. The minimum atomic E-state index is 0.373. The van der Waals surface area contributed by atoms with Crippen LogP contribution in [0.5, 0.6) is 11.5 Å². The van der Waals surface area contributed by atoms with E-state index in [9.17, 15) is 0 Å². The van der Waals surface area contributed by atoms with Crippen molar-refractivity contribution in [1.82, 2.24) is 9.88 Å². The molecule has 2 aliphatic rings. The second-order valence-electron chi connectivity index (χ2n) is 7.55. The Morgan fingerprint density at radius 3 is 2.72 bits per heavy atom. The van der Waals surface area contributed by atoms with Crippen molar-refractivity contribution >= 4 is 11.6 Å². The van der Waals surface area contributed by atoms with Gasteiger partial charge in [-0.1, -0.05) is 35.9 Å². The van der Waals surface area contributed by atoms with Crippen LogP contribution in [0.2, 0.25) is 5.02 Å². The van der Waals surface area contributed by atoms with Crippen molar-refractivity contribution in [3.63, 3.8) is 0 Å². The van der Waals surface area contributed by atoms with Crippen molar-refractivity contribution in [2.75, 3.05) is 19.8 Å². The minimum Gasteiger partial charge on any atom is -0.486 e. The van der Waals surface area contributed by atoms with Crippen LogP contribution in [0, 0.1) is 0 Å². The van der Waals surface area contributed by atoms with Gasteiger partial charge in [-0.15, -0.1) is 0 Å². The number of nitrogens with zero attached hydrogens (tertiary/aromatic N) is 2. The summed E-state index contributed by atoms with van der Waals surface area (Å²) in [5, 5.41) is 0.793. The molecule has 3 aromatic rings. The largest absolute Gasteiger partial charge is 0.486 e. The van der Waals surface area contributed by atoms with Gasteiger partial charge in [-0.3, -0.25) is 9.88 Å². The van der Waals surface area contributed by atoms with Gasteiger partial charge in [0.2, 0.25) is 0 Å². The molecular formula is C24H23ClN2O2. The van der Waals surface area contributed by atoms with Crippen LogP contribution in [0.25, 0.3) is 11.3 Å². The fourth-order valence-corrected chi connectivity index (χ4v) is 4.49. The maximum Gasteiger partial charge on any atom is 0.161 e. The van der Waals surface area contributed by atoms with Crippen LogP contribution < -0.4 is 9.47 Å². The second-order valence-corrected chi connectivity index (χ2v) is 7.96. The van der Waals surface area contributed by atoms with Crippen molar-refractivity contribution in [2.45, 2.75) is 25.4 Å². The average Bonchev–Trinajstić information content (AvgIpc) is 3.23. The van der Waals surface area contributed by atoms with Crippen LogP contribution in [0.4, 0.5) is 0 Å². The summed E-state index contributed by atoms with van der Waals surface area (Å²) < 4.78 is 11.4. The van der Waals surface area contributed by atoms with Crippen molar-refractivity contribution in [2.24, 2.45) is 0 Å². The Bertz CT molecular complexity index is 1010. The monoisotopic (exact) mass is 406 g/mol. The molecule has 3 heterocycles. The van der Waals surface area contributed by atoms with Crippen LogP contribution in [0.15, 0.2) is 60.8 Å². The summed E-state index contributed by atoms with van der Waals surface area (Å²) in [6.07, 6.45) is 4.13. The van der Waals surface area contributed by atoms with Gasteiger partial charge < -0.3 is 9.47 Å². The fourth-order valence-electron chi connectivity index (χ4n) is 4.25. The van der Waals surface area contributed by atoms with Gasteiger partial charge in [-0.25, -0.2) is 0 Å². The maximum absolute atomic E-state index is 6.66. The van der Waals surface area contributed by atoms with E-state index < -0.39 is 0 Å². The summed E-state index contributed by atoms with van der Waals surface area (Å²) in [5.41, 5.74) is 4.42. The Kier molecular flexibility index (Phi) is 5.13. The van der Waals surface area contributed by atoms with Gasteiger partial charge in [-0.2, -0.15) is 0 Å². The highest BCUT2D eigenvalue weighted by atomic mass is 35.5. The lowest BCUT2D eigenvalue weighted by Crippen LogP contribution is -2.23. The first-order chi connectivity index (χ1) is 14.3. The van der Waals surface area contributed by atoms with E-state index in [1.165, 1.54) is 12.0 Å². The summed E-state index contributed by atoms with van der Waals surface area (Å²) in [5.74, 6) is 1.70. The summed E-state index contributed by atoms with van der Waals surface area (Å²) in [6.45, 7) is 3.13. The highest BCUT2D eigenvalue weighted by Crippen LogP contribution is 2.39. The van der Waals surface area contributed by atoms with Crippen molar-refractivity contribution < 1.29 is 9.47 Å². The normalized spacial score (nSPS) is 18.7. The minimum absolute atomic E-state index is 0.373. The van der Waals surface area contributed by atoms with Gasteiger partial charge in [0.05, 0.1) is 5.69 Å². The van der Waals surface area contributed by atoms with Crippen LogP contribution in [0.1, 0.15) is 30.0 Å². The third kappa shape index (κ3) is 3.83. The molecule has 2 aromatic carbocycles. The number of ether oxygens (including phenoxy) is 2. The molecule has 0 bridgehead atoms. The molecule has 0 unspecified atom stereocenters. The molecule has 1 atom stereocenters. The van der Waals surface area contributed by atoms with Gasteiger partial charge in [0, 0.05) is 29.4 Å². The molecule has 1 fully saturated rings. The SMILES string of the molecule is Clc1cc(-c2ccccn2)ccc1CN1CCC[C@@H]1c1ccc2c(c1)OCCO2. The molecule has 0 saturated carbocycles. The Balaban J connectivity index is 1.36. The van der Waals surface area contributed by atoms with Crippen LogP contribution in [0.3, 0.4) is 0 Å². The van der Waals surface area contributed by atoms with Gasteiger partial charge >= 0.3 is 0 Å². The van der Waals surface area contributed by atoms with Gasteiger partial charge in [0.1, 0.15) is 13.2 Å². The molecule has 5 rings (SSSR count). The smallest absolute Gasteiger partial charge is 0.161 e. The number of likely N-dealkylation sites (tertiary alicyclic amines) is 1. The van der Waals surface area contributed by atoms with E-state index in [4.69, 9.17) is 21.1 Å². The maximum atomic E-state index is 6.66. The Morgan fingerprint density at radius 1 is 1.00 bits per heavy atom. The predicted octanol–water partition coefficient (Wildman–Crippen LogP) is 5.51. The van der Waals surface area contributed by atoms with Gasteiger partial charge in [-0.05, 0) is 60.8 Å². The summed E-state index contributed by atoms with van der Waals surface area (Å²) in [6, 6.07) is 18.9. The molecule has 0 amide bonds. The summed E-state index contributed by atoms with van der Waals surface area (Å²) in [7, 11) is 0. The molecule has 0 radical (unpaired) electrons. The van der Waals surface area contributed by atoms with Crippen LogP contribution >= 0.6 is 11.6 Å². The zero-order valence-electron chi connectivity index (χ0n) is 16.2. The van der Waals surface area contributed by atoms with E-state index in [2.05, 4.69) is 34.1 Å². The van der Waals surface area contributed by atoms with E-state index >= 15 is 0 Å². The highest BCUT2D eigenvalue weighted by molar-refractivity contribution is 6.31. The van der Waals surface area contributed by atoms with Gasteiger partial charge in [0.15, 0.2) is 11.5 Å². The molecule has 0 N–H and O–H groups in total. The van der Waals surface area contributed by atoms with Gasteiger partial charge in [0.25, 0.3) is 0 Å². The fraction of sp³-hybridized carbons (Fsp3) is 0.292. The molecule has 0 aliphatic carbocycles.